The largest absolute Gasteiger partial charge is 0.491 e. The number of para-hydroxylation sites is 1. The summed E-state index contributed by atoms with van der Waals surface area (Å²) in [5, 5.41) is 10.6. The van der Waals surface area contributed by atoms with Crippen LogP contribution in [0.3, 0.4) is 0 Å². The van der Waals surface area contributed by atoms with E-state index in [0.717, 1.165) is 22.7 Å². The van der Waals surface area contributed by atoms with E-state index in [9.17, 15) is 5.11 Å². The van der Waals surface area contributed by atoms with E-state index in [1.165, 1.54) is 0 Å². The summed E-state index contributed by atoms with van der Waals surface area (Å²) in [5.41, 5.74) is 2.87. The van der Waals surface area contributed by atoms with Gasteiger partial charge in [-0.25, -0.2) is 0 Å². The number of benzene rings is 1. The average Bonchev–Trinajstić information content (AvgIpc) is 2.48. The molecule has 1 aromatic carbocycles. The Morgan fingerprint density at radius 3 is 2.86 bits per heavy atom. The second-order valence-electron chi connectivity index (χ2n) is 5.55. The van der Waals surface area contributed by atoms with Crippen LogP contribution in [0.4, 0.5) is 0 Å². The molecule has 21 heavy (non-hydrogen) atoms. The zero-order chi connectivity index (χ0) is 14.8. The Hall–Kier alpha value is -1.91. The molecule has 1 N–H and O–H groups in total. The number of aryl methyl sites for hydroxylation is 1. The van der Waals surface area contributed by atoms with E-state index in [2.05, 4.69) is 9.88 Å². The van der Waals surface area contributed by atoms with Crippen molar-refractivity contribution in [2.24, 2.45) is 0 Å². The molecule has 1 aliphatic rings. The topological polar surface area (TPSA) is 45.6 Å². The SMILES string of the molecule is Cc1cccc(CN(C)C2COc3ccccc3C2O)n1. The molecule has 0 spiro atoms. The average molecular weight is 284 g/mol. The molecule has 4 heteroatoms. The van der Waals surface area contributed by atoms with Gasteiger partial charge in [-0.15, -0.1) is 0 Å². The number of nitrogens with zero attached hydrogens (tertiary/aromatic N) is 2. The van der Waals surface area contributed by atoms with E-state index in [4.69, 9.17) is 4.74 Å². The third-order valence-corrected chi connectivity index (χ3v) is 3.94. The molecule has 4 nitrogen and oxygen atoms in total. The van der Waals surface area contributed by atoms with E-state index >= 15 is 0 Å². The van der Waals surface area contributed by atoms with Crippen LogP contribution in [-0.4, -0.2) is 34.7 Å². The highest BCUT2D eigenvalue weighted by Gasteiger charge is 2.32. The third kappa shape index (κ3) is 2.91. The number of likely N-dealkylation sites (N-methyl/N-ethyl adjacent to an activating group) is 1. The van der Waals surface area contributed by atoms with Crippen molar-refractivity contribution in [2.45, 2.75) is 25.6 Å². The maximum Gasteiger partial charge on any atom is 0.125 e. The maximum atomic E-state index is 10.6. The highest BCUT2D eigenvalue weighted by Crippen LogP contribution is 2.33. The van der Waals surface area contributed by atoms with Crippen molar-refractivity contribution < 1.29 is 9.84 Å². The molecule has 3 rings (SSSR count). The van der Waals surface area contributed by atoms with Gasteiger partial charge in [-0.3, -0.25) is 9.88 Å². The van der Waals surface area contributed by atoms with Crippen LogP contribution in [0.15, 0.2) is 42.5 Å². The summed E-state index contributed by atoms with van der Waals surface area (Å²) in [6.07, 6.45) is -0.537. The Labute approximate surface area is 125 Å². The van der Waals surface area contributed by atoms with E-state index in [0.29, 0.717) is 13.2 Å². The summed E-state index contributed by atoms with van der Waals surface area (Å²) < 4.78 is 5.77. The smallest absolute Gasteiger partial charge is 0.125 e. The van der Waals surface area contributed by atoms with E-state index in [-0.39, 0.29) is 6.04 Å². The van der Waals surface area contributed by atoms with Gasteiger partial charge in [0.2, 0.25) is 0 Å². The molecular weight excluding hydrogens is 264 g/mol. The molecule has 0 bridgehead atoms. The minimum atomic E-state index is -0.537. The lowest BCUT2D eigenvalue weighted by molar-refractivity contribution is 0.0113. The Bertz CT molecular complexity index is 630. The summed E-state index contributed by atoms with van der Waals surface area (Å²) in [7, 11) is 2.00. The number of hydrogen-bond donors (Lipinski definition) is 1. The fourth-order valence-electron chi connectivity index (χ4n) is 2.76. The number of pyridine rings is 1. The quantitative estimate of drug-likeness (QED) is 0.939. The maximum absolute atomic E-state index is 10.6. The van der Waals surface area contributed by atoms with Gasteiger partial charge in [-0.2, -0.15) is 0 Å². The van der Waals surface area contributed by atoms with E-state index in [1.54, 1.807) is 0 Å². The Balaban J connectivity index is 1.75. The first-order valence-corrected chi connectivity index (χ1v) is 7.18. The molecule has 2 unspecified atom stereocenters. The fraction of sp³-hybridized carbons (Fsp3) is 0.353. The zero-order valence-electron chi connectivity index (χ0n) is 12.4. The molecule has 1 aromatic heterocycles. The second kappa shape index (κ2) is 5.84. The van der Waals surface area contributed by atoms with Crippen LogP contribution in [0, 0.1) is 6.92 Å². The van der Waals surface area contributed by atoms with Crippen LogP contribution >= 0.6 is 0 Å². The van der Waals surface area contributed by atoms with Crippen LogP contribution < -0.4 is 4.74 Å². The standard InChI is InChI=1S/C17H20N2O2/c1-12-6-5-7-13(18-12)10-19(2)15-11-21-16-9-4-3-8-14(16)17(15)20/h3-9,15,17,20H,10-11H2,1-2H3. The van der Waals surface area contributed by atoms with Crippen LogP contribution in [0.1, 0.15) is 23.1 Å². The van der Waals surface area contributed by atoms with Gasteiger partial charge in [0.1, 0.15) is 18.5 Å². The summed E-state index contributed by atoms with van der Waals surface area (Å²) in [4.78, 5) is 6.61. The van der Waals surface area contributed by atoms with Gasteiger partial charge < -0.3 is 9.84 Å². The van der Waals surface area contributed by atoms with Gasteiger partial charge in [-0.1, -0.05) is 24.3 Å². The lowest BCUT2D eigenvalue weighted by Crippen LogP contribution is -2.43. The van der Waals surface area contributed by atoms with Gasteiger partial charge in [-0.05, 0) is 32.2 Å². The van der Waals surface area contributed by atoms with Crippen LogP contribution in [0.5, 0.6) is 5.75 Å². The van der Waals surface area contributed by atoms with Crippen LogP contribution in [-0.2, 0) is 6.54 Å². The molecule has 0 saturated heterocycles. The molecule has 2 aromatic rings. The number of aromatic nitrogens is 1. The summed E-state index contributed by atoms with van der Waals surface area (Å²) >= 11 is 0. The summed E-state index contributed by atoms with van der Waals surface area (Å²) in [6.45, 7) is 3.16. The number of hydrogen-bond acceptors (Lipinski definition) is 4. The van der Waals surface area contributed by atoms with Crippen molar-refractivity contribution >= 4 is 0 Å². The highest BCUT2D eigenvalue weighted by atomic mass is 16.5. The number of aliphatic hydroxyl groups is 1. The monoisotopic (exact) mass is 284 g/mol. The predicted octanol–water partition coefficient (Wildman–Crippen LogP) is 2.32. The fourth-order valence-corrected chi connectivity index (χ4v) is 2.76. The molecule has 0 fully saturated rings. The zero-order valence-corrected chi connectivity index (χ0v) is 12.4. The molecule has 0 saturated carbocycles. The van der Waals surface area contributed by atoms with Crippen molar-refractivity contribution in [2.75, 3.05) is 13.7 Å². The predicted molar refractivity (Wildman–Crippen MR) is 81.1 cm³/mol. The van der Waals surface area contributed by atoms with E-state index in [1.807, 2.05) is 56.4 Å². The normalized spacial score (nSPS) is 21.0. The lowest BCUT2D eigenvalue weighted by Gasteiger charge is -2.36. The van der Waals surface area contributed by atoms with Gasteiger partial charge in [0.05, 0.1) is 11.7 Å². The molecule has 0 aliphatic carbocycles. The van der Waals surface area contributed by atoms with Crippen LogP contribution in [0.25, 0.3) is 0 Å². The van der Waals surface area contributed by atoms with Crippen molar-refractivity contribution in [1.82, 2.24) is 9.88 Å². The lowest BCUT2D eigenvalue weighted by atomic mass is 9.98. The second-order valence-corrected chi connectivity index (χ2v) is 5.55. The first kappa shape index (κ1) is 14.0. The third-order valence-electron chi connectivity index (χ3n) is 3.94. The Morgan fingerprint density at radius 1 is 1.24 bits per heavy atom. The molecule has 2 heterocycles. The van der Waals surface area contributed by atoms with Crippen molar-refractivity contribution in [1.29, 1.82) is 0 Å². The summed E-state index contributed by atoms with van der Waals surface area (Å²) in [6, 6.07) is 13.6. The molecule has 0 radical (unpaired) electrons. The first-order valence-electron chi connectivity index (χ1n) is 7.18. The minimum absolute atomic E-state index is 0.0674. The minimum Gasteiger partial charge on any atom is -0.491 e. The number of aliphatic hydroxyl groups excluding tert-OH is 1. The Kier molecular flexibility index (Phi) is 3.90. The van der Waals surface area contributed by atoms with Gasteiger partial charge in [0.15, 0.2) is 0 Å². The molecule has 0 amide bonds. The number of fused-ring (bicyclic) bond motifs is 1. The number of rotatable bonds is 3. The van der Waals surface area contributed by atoms with Crippen LogP contribution in [0.2, 0.25) is 0 Å². The Morgan fingerprint density at radius 2 is 2.05 bits per heavy atom. The van der Waals surface area contributed by atoms with Crippen molar-refractivity contribution in [3.8, 4) is 5.75 Å². The van der Waals surface area contributed by atoms with E-state index < -0.39 is 6.10 Å². The van der Waals surface area contributed by atoms with Gasteiger partial charge in [0.25, 0.3) is 0 Å². The molecule has 110 valence electrons. The number of ether oxygens (including phenoxy) is 1. The van der Waals surface area contributed by atoms with Gasteiger partial charge >= 0.3 is 0 Å². The molecule has 2 atom stereocenters. The van der Waals surface area contributed by atoms with Gasteiger partial charge in [0, 0.05) is 17.8 Å². The highest BCUT2D eigenvalue weighted by molar-refractivity contribution is 5.37. The first-order chi connectivity index (χ1) is 10.1. The van der Waals surface area contributed by atoms with Crippen molar-refractivity contribution in [3.05, 3.63) is 59.4 Å². The molecular formula is C17H20N2O2. The van der Waals surface area contributed by atoms with Crippen molar-refractivity contribution in [3.63, 3.8) is 0 Å². The molecule has 1 aliphatic heterocycles. The summed E-state index contributed by atoms with van der Waals surface area (Å²) in [5.74, 6) is 0.781.